The summed E-state index contributed by atoms with van der Waals surface area (Å²) in [6.45, 7) is 1.54. The minimum Gasteiger partial charge on any atom is -0.399 e. The van der Waals surface area contributed by atoms with Crippen LogP contribution in [-0.4, -0.2) is 29.6 Å². The van der Waals surface area contributed by atoms with Crippen LogP contribution in [0, 0.1) is 0 Å². The molecular weight excluding hydrogens is 264 g/mol. The molecule has 1 aliphatic heterocycles. The van der Waals surface area contributed by atoms with Crippen molar-refractivity contribution in [2.45, 2.75) is 57.2 Å². The lowest BCUT2D eigenvalue weighted by Crippen LogP contribution is -2.33. The molecule has 4 nitrogen and oxygen atoms in total. The molecule has 2 aliphatic rings. The molecule has 1 saturated heterocycles. The Balaban J connectivity index is 1.57. The number of rotatable bonds is 6. The van der Waals surface area contributed by atoms with Crippen molar-refractivity contribution in [3.63, 3.8) is 0 Å². The van der Waals surface area contributed by atoms with E-state index >= 15 is 0 Å². The summed E-state index contributed by atoms with van der Waals surface area (Å²) in [6.07, 6.45) is 6.26. The molecule has 1 aromatic carbocycles. The average molecular weight is 288 g/mol. The van der Waals surface area contributed by atoms with Gasteiger partial charge in [-0.25, -0.2) is 0 Å². The van der Waals surface area contributed by atoms with Crippen LogP contribution in [0.3, 0.4) is 0 Å². The first-order valence-corrected chi connectivity index (χ1v) is 7.98. The maximum Gasteiger partial charge on any atom is 0.223 e. The van der Waals surface area contributed by atoms with Crippen molar-refractivity contribution in [2.75, 3.05) is 12.3 Å². The Kier molecular flexibility index (Phi) is 4.44. The summed E-state index contributed by atoms with van der Waals surface area (Å²) in [5, 5.41) is 0. The summed E-state index contributed by atoms with van der Waals surface area (Å²) in [5.41, 5.74) is 7.70. The quantitative estimate of drug-likeness (QED) is 0.819. The smallest absolute Gasteiger partial charge is 0.223 e. The third kappa shape index (κ3) is 3.97. The number of carbonyl (C=O) groups excluding carboxylic acids is 1. The maximum atomic E-state index is 12.5. The summed E-state index contributed by atoms with van der Waals surface area (Å²) in [5.74, 6) is 0.260. The standard InChI is InChI=1S/C17H24N2O2/c18-14-4-1-3-13(11-14)12-19(15-6-7-15)17(20)9-8-16-5-2-10-21-16/h1,3-4,11,15-16H,2,5-10,12,18H2. The van der Waals surface area contributed by atoms with Crippen molar-refractivity contribution in [3.8, 4) is 0 Å². The largest absolute Gasteiger partial charge is 0.399 e. The summed E-state index contributed by atoms with van der Waals surface area (Å²) in [6, 6.07) is 8.27. The monoisotopic (exact) mass is 288 g/mol. The van der Waals surface area contributed by atoms with Gasteiger partial charge in [0.25, 0.3) is 0 Å². The number of nitrogen functional groups attached to an aromatic ring is 1. The molecular formula is C17H24N2O2. The van der Waals surface area contributed by atoms with Crippen LogP contribution in [0.25, 0.3) is 0 Å². The molecule has 2 fully saturated rings. The van der Waals surface area contributed by atoms with Gasteiger partial charge in [-0.05, 0) is 49.8 Å². The van der Waals surface area contributed by atoms with E-state index < -0.39 is 0 Å². The zero-order chi connectivity index (χ0) is 14.7. The van der Waals surface area contributed by atoms with E-state index in [0.717, 1.165) is 50.0 Å². The zero-order valence-corrected chi connectivity index (χ0v) is 12.5. The van der Waals surface area contributed by atoms with Crippen molar-refractivity contribution in [1.29, 1.82) is 0 Å². The van der Waals surface area contributed by atoms with Gasteiger partial charge in [-0.1, -0.05) is 12.1 Å². The molecule has 1 aliphatic carbocycles. The van der Waals surface area contributed by atoms with Crippen molar-refractivity contribution < 1.29 is 9.53 Å². The highest BCUT2D eigenvalue weighted by Gasteiger charge is 2.32. The summed E-state index contributed by atoms with van der Waals surface area (Å²) < 4.78 is 5.61. The molecule has 114 valence electrons. The van der Waals surface area contributed by atoms with Gasteiger partial charge in [0.1, 0.15) is 0 Å². The number of ether oxygens (including phenoxy) is 1. The second-order valence-electron chi connectivity index (χ2n) is 6.17. The van der Waals surface area contributed by atoms with Crippen molar-refractivity contribution in [2.24, 2.45) is 0 Å². The lowest BCUT2D eigenvalue weighted by Gasteiger charge is -2.23. The Bertz CT molecular complexity index is 493. The fraction of sp³-hybridized carbons (Fsp3) is 0.588. The predicted octanol–water partition coefficient (Wildman–Crippen LogP) is 2.72. The van der Waals surface area contributed by atoms with Gasteiger partial charge in [0, 0.05) is 31.3 Å². The molecule has 1 amide bonds. The number of nitrogens with zero attached hydrogens (tertiary/aromatic N) is 1. The second-order valence-corrected chi connectivity index (χ2v) is 6.17. The number of hydrogen-bond donors (Lipinski definition) is 1. The van der Waals surface area contributed by atoms with Crippen molar-refractivity contribution >= 4 is 11.6 Å². The first kappa shape index (κ1) is 14.4. The SMILES string of the molecule is Nc1cccc(CN(C(=O)CCC2CCCO2)C2CC2)c1. The van der Waals surface area contributed by atoms with Gasteiger partial charge >= 0.3 is 0 Å². The Morgan fingerprint density at radius 3 is 2.86 bits per heavy atom. The minimum atomic E-state index is 0.260. The average Bonchev–Trinajstić information content (AvgIpc) is 3.18. The third-order valence-corrected chi connectivity index (χ3v) is 4.32. The lowest BCUT2D eigenvalue weighted by atomic mass is 10.1. The first-order chi connectivity index (χ1) is 10.2. The maximum absolute atomic E-state index is 12.5. The van der Waals surface area contributed by atoms with Gasteiger partial charge < -0.3 is 15.4 Å². The van der Waals surface area contributed by atoms with Gasteiger partial charge in [-0.2, -0.15) is 0 Å². The molecule has 1 saturated carbocycles. The number of amides is 1. The van der Waals surface area contributed by atoms with Crippen LogP contribution in [0.2, 0.25) is 0 Å². The van der Waals surface area contributed by atoms with E-state index in [1.54, 1.807) is 0 Å². The molecule has 0 bridgehead atoms. The Labute approximate surface area is 126 Å². The van der Waals surface area contributed by atoms with Gasteiger partial charge in [0.05, 0.1) is 6.10 Å². The molecule has 2 N–H and O–H groups in total. The van der Waals surface area contributed by atoms with E-state index in [0.29, 0.717) is 25.1 Å². The normalized spacial score (nSPS) is 21.4. The van der Waals surface area contributed by atoms with Gasteiger partial charge in [-0.3, -0.25) is 4.79 Å². The van der Waals surface area contributed by atoms with Crippen LogP contribution in [-0.2, 0) is 16.1 Å². The number of hydrogen-bond acceptors (Lipinski definition) is 3. The molecule has 0 radical (unpaired) electrons. The van der Waals surface area contributed by atoms with E-state index in [9.17, 15) is 4.79 Å². The fourth-order valence-electron chi connectivity index (χ4n) is 3.00. The molecule has 1 atom stereocenters. The van der Waals surface area contributed by atoms with Gasteiger partial charge in [0.2, 0.25) is 5.91 Å². The summed E-state index contributed by atoms with van der Waals surface area (Å²) in [4.78, 5) is 14.5. The van der Waals surface area contributed by atoms with E-state index in [1.807, 2.05) is 29.2 Å². The minimum absolute atomic E-state index is 0.260. The zero-order valence-electron chi connectivity index (χ0n) is 12.5. The summed E-state index contributed by atoms with van der Waals surface area (Å²) in [7, 11) is 0. The lowest BCUT2D eigenvalue weighted by molar-refractivity contribution is -0.133. The number of anilines is 1. The van der Waals surface area contributed by atoms with Gasteiger partial charge in [0.15, 0.2) is 0 Å². The van der Waals surface area contributed by atoms with E-state index in [1.165, 1.54) is 0 Å². The van der Waals surface area contributed by atoms with Gasteiger partial charge in [-0.15, -0.1) is 0 Å². The van der Waals surface area contributed by atoms with Crippen LogP contribution in [0.15, 0.2) is 24.3 Å². The first-order valence-electron chi connectivity index (χ1n) is 7.98. The Morgan fingerprint density at radius 1 is 1.33 bits per heavy atom. The Morgan fingerprint density at radius 2 is 2.19 bits per heavy atom. The highest BCUT2D eigenvalue weighted by atomic mass is 16.5. The van der Waals surface area contributed by atoms with Crippen molar-refractivity contribution in [1.82, 2.24) is 4.90 Å². The number of benzene rings is 1. The van der Waals surface area contributed by atoms with E-state index in [-0.39, 0.29) is 5.91 Å². The molecule has 21 heavy (non-hydrogen) atoms. The molecule has 4 heteroatoms. The molecule has 3 rings (SSSR count). The summed E-state index contributed by atoms with van der Waals surface area (Å²) >= 11 is 0. The molecule has 1 heterocycles. The van der Waals surface area contributed by atoms with Crippen LogP contribution in [0.5, 0.6) is 0 Å². The fourth-order valence-corrected chi connectivity index (χ4v) is 3.00. The molecule has 1 unspecified atom stereocenters. The van der Waals surface area contributed by atoms with Crippen LogP contribution < -0.4 is 5.73 Å². The highest BCUT2D eigenvalue weighted by molar-refractivity contribution is 5.77. The second kappa shape index (κ2) is 6.48. The van der Waals surface area contributed by atoms with E-state index in [4.69, 9.17) is 10.5 Å². The number of nitrogens with two attached hydrogens (primary N) is 1. The topological polar surface area (TPSA) is 55.6 Å². The van der Waals surface area contributed by atoms with Crippen LogP contribution >= 0.6 is 0 Å². The van der Waals surface area contributed by atoms with Crippen LogP contribution in [0.4, 0.5) is 5.69 Å². The Hall–Kier alpha value is -1.55. The van der Waals surface area contributed by atoms with Crippen molar-refractivity contribution in [3.05, 3.63) is 29.8 Å². The van der Waals surface area contributed by atoms with E-state index in [2.05, 4.69) is 0 Å². The highest BCUT2D eigenvalue weighted by Crippen LogP contribution is 2.30. The molecule has 1 aromatic rings. The predicted molar refractivity (Wildman–Crippen MR) is 82.6 cm³/mol. The molecule has 0 aromatic heterocycles. The molecule has 0 spiro atoms. The van der Waals surface area contributed by atoms with Crippen LogP contribution in [0.1, 0.15) is 44.1 Å². The number of carbonyl (C=O) groups is 1. The third-order valence-electron chi connectivity index (χ3n) is 4.32.